The van der Waals surface area contributed by atoms with Crippen LogP contribution in [-0.2, 0) is 11.3 Å². The monoisotopic (exact) mass is 305 g/mol. The first-order chi connectivity index (χ1) is 10.4. The Morgan fingerprint density at radius 1 is 1.41 bits per heavy atom. The van der Waals surface area contributed by atoms with Crippen molar-refractivity contribution in [2.24, 2.45) is 9.98 Å². The van der Waals surface area contributed by atoms with E-state index in [1.54, 1.807) is 12.4 Å². The second-order valence-corrected chi connectivity index (χ2v) is 6.08. The van der Waals surface area contributed by atoms with Crippen LogP contribution in [0.2, 0.25) is 0 Å². The third-order valence-electron chi connectivity index (χ3n) is 2.89. The number of carbonyl (C=O) groups is 1. The van der Waals surface area contributed by atoms with E-state index in [4.69, 9.17) is 4.74 Å². The highest BCUT2D eigenvalue weighted by Gasteiger charge is 2.15. The van der Waals surface area contributed by atoms with Crippen molar-refractivity contribution < 1.29 is 9.53 Å². The van der Waals surface area contributed by atoms with Crippen molar-refractivity contribution in [2.75, 3.05) is 19.6 Å². The predicted molar refractivity (Wildman–Crippen MR) is 85.8 cm³/mol. The molecule has 0 aromatic carbocycles. The number of amides is 1. The summed E-state index contributed by atoms with van der Waals surface area (Å²) in [6, 6.07) is 0. The van der Waals surface area contributed by atoms with Crippen LogP contribution < -0.4 is 5.32 Å². The smallest absolute Gasteiger partial charge is 0.407 e. The summed E-state index contributed by atoms with van der Waals surface area (Å²) >= 11 is 0. The number of hydrogen-bond donors (Lipinski definition) is 1. The minimum atomic E-state index is -0.469. The quantitative estimate of drug-likeness (QED) is 0.840. The average molecular weight is 305 g/mol. The third kappa shape index (κ3) is 5.31. The molecule has 0 aliphatic carbocycles. The maximum Gasteiger partial charge on any atom is 0.407 e. The molecule has 1 aliphatic heterocycles. The molecule has 0 spiro atoms. The number of nitrogens with zero attached hydrogens (tertiary/aromatic N) is 4. The standard InChI is InChI=1S/C15H23N5O2/c1-15(2,3)22-14(21)18-5-4-8-20-11-12(9-19-20)13-10-16-6-7-17-13/h9-11H,4-8H2,1-3H3,(H,18,21). The van der Waals surface area contributed by atoms with Crippen LogP contribution in [0.1, 0.15) is 32.8 Å². The molecular weight excluding hydrogens is 282 g/mol. The van der Waals surface area contributed by atoms with Crippen LogP contribution in [-0.4, -0.2) is 53.0 Å². The molecule has 1 amide bonds. The second kappa shape index (κ2) is 7.20. The van der Waals surface area contributed by atoms with Gasteiger partial charge in [0.25, 0.3) is 0 Å². The topological polar surface area (TPSA) is 80.9 Å². The van der Waals surface area contributed by atoms with Gasteiger partial charge in [-0.3, -0.25) is 14.7 Å². The molecule has 0 saturated carbocycles. The van der Waals surface area contributed by atoms with Crippen molar-refractivity contribution in [3.05, 3.63) is 18.0 Å². The molecule has 1 aromatic heterocycles. The van der Waals surface area contributed by atoms with Gasteiger partial charge in [-0.15, -0.1) is 0 Å². The van der Waals surface area contributed by atoms with E-state index in [1.807, 2.05) is 31.6 Å². The van der Waals surface area contributed by atoms with Gasteiger partial charge in [-0.2, -0.15) is 5.10 Å². The summed E-state index contributed by atoms with van der Waals surface area (Å²) in [5, 5.41) is 7.03. The second-order valence-electron chi connectivity index (χ2n) is 6.08. The fraction of sp³-hybridized carbons (Fsp3) is 0.600. The van der Waals surface area contributed by atoms with Crippen LogP contribution in [0.4, 0.5) is 4.79 Å². The van der Waals surface area contributed by atoms with Gasteiger partial charge in [0.05, 0.1) is 25.0 Å². The predicted octanol–water partition coefficient (Wildman–Crippen LogP) is 1.67. The van der Waals surface area contributed by atoms with Gasteiger partial charge in [-0.05, 0) is 27.2 Å². The van der Waals surface area contributed by atoms with Gasteiger partial charge in [0, 0.05) is 31.1 Å². The number of aromatic nitrogens is 2. The molecule has 2 heterocycles. The van der Waals surface area contributed by atoms with E-state index >= 15 is 0 Å². The lowest BCUT2D eigenvalue weighted by Crippen LogP contribution is -2.33. The van der Waals surface area contributed by atoms with Crippen molar-refractivity contribution in [1.82, 2.24) is 15.1 Å². The summed E-state index contributed by atoms with van der Waals surface area (Å²) in [6.07, 6.45) is 5.91. The lowest BCUT2D eigenvalue weighted by molar-refractivity contribution is 0.0526. The van der Waals surface area contributed by atoms with Gasteiger partial charge in [0.2, 0.25) is 0 Å². The fourth-order valence-corrected chi connectivity index (χ4v) is 1.95. The van der Waals surface area contributed by atoms with Gasteiger partial charge >= 0.3 is 6.09 Å². The van der Waals surface area contributed by atoms with Crippen LogP contribution in [0, 0.1) is 0 Å². The number of alkyl carbamates (subject to hydrolysis) is 1. The Hall–Kier alpha value is -2.18. The highest BCUT2D eigenvalue weighted by molar-refractivity contribution is 6.38. The molecule has 1 aliphatic rings. The number of carbonyl (C=O) groups excluding carboxylic acids is 1. The summed E-state index contributed by atoms with van der Waals surface area (Å²) < 4.78 is 7.01. The number of aliphatic imine (C=N–C) groups is 2. The fourth-order valence-electron chi connectivity index (χ4n) is 1.95. The minimum absolute atomic E-state index is 0.388. The van der Waals surface area contributed by atoms with Crippen LogP contribution in [0.3, 0.4) is 0 Å². The van der Waals surface area contributed by atoms with Crippen molar-refractivity contribution in [1.29, 1.82) is 0 Å². The van der Waals surface area contributed by atoms with Crippen LogP contribution in [0.15, 0.2) is 22.4 Å². The van der Waals surface area contributed by atoms with Crippen molar-refractivity contribution >= 4 is 18.0 Å². The average Bonchev–Trinajstić information content (AvgIpc) is 2.91. The van der Waals surface area contributed by atoms with Crippen LogP contribution in [0.5, 0.6) is 0 Å². The van der Waals surface area contributed by atoms with E-state index in [1.165, 1.54) is 0 Å². The van der Waals surface area contributed by atoms with Gasteiger partial charge in [0.15, 0.2) is 0 Å². The highest BCUT2D eigenvalue weighted by atomic mass is 16.6. The van der Waals surface area contributed by atoms with Gasteiger partial charge in [-0.25, -0.2) is 4.79 Å². The van der Waals surface area contributed by atoms with E-state index in [9.17, 15) is 4.79 Å². The normalized spacial score (nSPS) is 14.6. The molecule has 1 aromatic rings. The molecule has 2 rings (SSSR count). The highest BCUT2D eigenvalue weighted by Crippen LogP contribution is 2.06. The van der Waals surface area contributed by atoms with Crippen molar-refractivity contribution in [3.8, 4) is 0 Å². The molecular formula is C15H23N5O2. The summed E-state index contributed by atoms with van der Waals surface area (Å²) in [5.41, 5.74) is 1.39. The lowest BCUT2D eigenvalue weighted by Gasteiger charge is -2.19. The SMILES string of the molecule is CC(C)(C)OC(=O)NCCCn1cc(C2=NCCN=C2)cn1. The van der Waals surface area contributed by atoms with Crippen molar-refractivity contribution in [3.63, 3.8) is 0 Å². The Balaban J connectivity index is 1.72. The summed E-state index contributed by atoms with van der Waals surface area (Å²) in [6.45, 7) is 8.29. The summed E-state index contributed by atoms with van der Waals surface area (Å²) in [7, 11) is 0. The number of aryl methyl sites for hydroxylation is 1. The number of hydrogen-bond acceptors (Lipinski definition) is 5. The van der Waals surface area contributed by atoms with E-state index in [0.717, 1.165) is 37.3 Å². The molecule has 0 saturated heterocycles. The largest absolute Gasteiger partial charge is 0.444 e. The van der Waals surface area contributed by atoms with E-state index in [2.05, 4.69) is 20.4 Å². The molecule has 1 N–H and O–H groups in total. The molecule has 0 fully saturated rings. The molecule has 7 nitrogen and oxygen atoms in total. The zero-order chi connectivity index (χ0) is 16.0. The Morgan fingerprint density at radius 3 is 2.91 bits per heavy atom. The summed E-state index contributed by atoms with van der Waals surface area (Å²) in [4.78, 5) is 20.1. The maximum absolute atomic E-state index is 11.5. The van der Waals surface area contributed by atoms with Crippen LogP contribution in [0.25, 0.3) is 0 Å². The molecule has 0 unspecified atom stereocenters. The minimum Gasteiger partial charge on any atom is -0.444 e. The molecule has 0 radical (unpaired) electrons. The number of rotatable bonds is 5. The maximum atomic E-state index is 11.5. The molecule has 7 heteroatoms. The first kappa shape index (κ1) is 16.2. The van der Waals surface area contributed by atoms with Crippen molar-refractivity contribution in [2.45, 2.75) is 39.3 Å². The van der Waals surface area contributed by atoms with Gasteiger partial charge in [0.1, 0.15) is 5.60 Å². The number of ether oxygens (including phenoxy) is 1. The molecule has 0 bridgehead atoms. The number of nitrogens with one attached hydrogen (secondary N) is 1. The Morgan fingerprint density at radius 2 is 2.23 bits per heavy atom. The third-order valence-corrected chi connectivity index (χ3v) is 2.89. The zero-order valence-electron chi connectivity index (χ0n) is 13.4. The molecule has 22 heavy (non-hydrogen) atoms. The first-order valence-electron chi connectivity index (χ1n) is 7.48. The zero-order valence-corrected chi connectivity index (χ0v) is 13.4. The lowest BCUT2D eigenvalue weighted by atomic mass is 10.2. The van der Waals surface area contributed by atoms with Gasteiger partial charge in [-0.1, -0.05) is 0 Å². The Bertz CT molecular complexity index is 569. The van der Waals surface area contributed by atoms with Crippen LogP contribution >= 0.6 is 0 Å². The van der Waals surface area contributed by atoms with E-state index in [-0.39, 0.29) is 6.09 Å². The van der Waals surface area contributed by atoms with Gasteiger partial charge < -0.3 is 10.1 Å². The molecule has 0 atom stereocenters. The Kier molecular flexibility index (Phi) is 5.30. The molecule has 120 valence electrons. The Labute approximate surface area is 130 Å². The van der Waals surface area contributed by atoms with E-state index in [0.29, 0.717) is 6.54 Å². The summed E-state index contributed by atoms with van der Waals surface area (Å²) in [5.74, 6) is 0. The first-order valence-corrected chi connectivity index (χ1v) is 7.48. The van der Waals surface area contributed by atoms with E-state index < -0.39 is 5.60 Å².